The van der Waals surface area contributed by atoms with Gasteiger partial charge in [0.25, 0.3) is 0 Å². The number of hydrogen-bond donors (Lipinski definition) is 1. The highest BCUT2D eigenvalue weighted by Gasteiger charge is 2.41. The second-order valence-corrected chi connectivity index (χ2v) is 3.90. The van der Waals surface area contributed by atoms with Gasteiger partial charge in [0.2, 0.25) is 0 Å². The van der Waals surface area contributed by atoms with E-state index in [9.17, 15) is 17.6 Å². The summed E-state index contributed by atoms with van der Waals surface area (Å²) in [7, 11) is 0. The van der Waals surface area contributed by atoms with Gasteiger partial charge >= 0.3 is 12.3 Å². The molecule has 2 nitrogen and oxygen atoms in total. The lowest BCUT2D eigenvalue weighted by Gasteiger charge is -2.19. The Bertz CT molecular complexity index is 384. The average Bonchev–Trinajstić information content (AvgIpc) is 2.35. The van der Waals surface area contributed by atoms with Crippen LogP contribution >= 0.6 is 0 Å². The average molecular weight is 265 g/mol. The lowest BCUT2D eigenvalue weighted by atomic mass is 10.0. The standard InChI is InChI=1S/C12H15F4NO/c1-2-9(17)8-5-3-4-6-10(8)18-7-12(15,16)11(13)14/h3-6,9,11H,2,7,17H2,1H3/t9-/m0/s1. The summed E-state index contributed by atoms with van der Waals surface area (Å²) in [5.41, 5.74) is 6.31. The largest absolute Gasteiger partial charge is 0.487 e. The molecule has 0 unspecified atom stereocenters. The van der Waals surface area contributed by atoms with Crippen molar-refractivity contribution in [1.82, 2.24) is 0 Å². The summed E-state index contributed by atoms with van der Waals surface area (Å²) in [5.74, 6) is -4.05. The zero-order valence-corrected chi connectivity index (χ0v) is 9.88. The molecule has 1 rings (SSSR count). The lowest BCUT2D eigenvalue weighted by Crippen LogP contribution is -2.34. The van der Waals surface area contributed by atoms with Crippen LogP contribution in [0.4, 0.5) is 17.6 Å². The van der Waals surface area contributed by atoms with Crippen molar-refractivity contribution < 1.29 is 22.3 Å². The van der Waals surface area contributed by atoms with Crippen LogP contribution < -0.4 is 10.5 Å². The van der Waals surface area contributed by atoms with E-state index in [1.54, 1.807) is 18.2 Å². The first kappa shape index (κ1) is 14.8. The molecule has 1 atom stereocenters. The van der Waals surface area contributed by atoms with E-state index in [2.05, 4.69) is 0 Å². The third-order valence-electron chi connectivity index (χ3n) is 2.50. The van der Waals surface area contributed by atoms with Crippen LogP contribution in [-0.4, -0.2) is 19.0 Å². The first-order chi connectivity index (χ1) is 8.38. The number of halogens is 4. The molecular formula is C12H15F4NO. The zero-order valence-electron chi connectivity index (χ0n) is 9.88. The van der Waals surface area contributed by atoms with Crippen LogP contribution in [0.5, 0.6) is 5.75 Å². The number of alkyl halides is 4. The van der Waals surface area contributed by atoms with E-state index in [1.807, 2.05) is 6.92 Å². The maximum atomic E-state index is 12.7. The van der Waals surface area contributed by atoms with E-state index in [1.165, 1.54) is 6.07 Å². The second-order valence-electron chi connectivity index (χ2n) is 3.90. The third-order valence-corrected chi connectivity index (χ3v) is 2.50. The van der Waals surface area contributed by atoms with Gasteiger partial charge in [0.1, 0.15) is 5.75 Å². The number of rotatable bonds is 6. The summed E-state index contributed by atoms with van der Waals surface area (Å²) in [6.45, 7) is 0.466. The smallest absolute Gasteiger partial charge is 0.340 e. The van der Waals surface area contributed by atoms with Gasteiger partial charge in [-0.25, -0.2) is 8.78 Å². The van der Waals surface area contributed by atoms with E-state index in [-0.39, 0.29) is 11.8 Å². The van der Waals surface area contributed by atoms with E-state index in [0.29, 0.717) is 12.0 Å². The highest BCUT2D eigenvalue weighted by atomic mass is 19.3. The molecule has 1 aromatic carbocycles. The lowest BCUT2D eigenvalue weighted by molar-refractivity contribution is -0.148. The molecule has 0 radical (unpaired) electrons. The summed E-state index contributed by atoms with van der Waals surface area (Å²) in [6, 6.07) is 5.95. The molecular weight excluding hydrogens is 250 g/mol. The van der Waals surface area contributed by atoms with Gasteiger partial charge in [0.05, 0.1) is 0 Å². The molecule has 0 saturated carbocycles. The Morgan fingerprint density at radius 1 is 1.28 bits per heavy atom. The van der Waals surface area contributed by atoms with Crippen LogP contribution in [0.1, 0.15) is 24.9 Å². The quantitative estimate of drug-likeness (QED) is 0.800. The second kappa shape index (κ2) is 6.04. The molecule has 0 aliphatic carbocycles. The minimum absolute atomic E-state index is 0.118. The first-order valence-electron chi connectivity index (χ1n) is 5.51. The first-order valence-corrected chi connectivity index (χ1v) is 5.51. The molecule has 0 saturated heterocycles. The monoisotopic (exact) mass is 265 g/mol. The topological polar surface area (TPSA) is 35.2 Å². The van der Waals surface area contributed by atoms with Gasteiger partial charge in [-0.15, -0.1) is 0 Å². The van der Waals surface area contributed by atoms with Gasteiger partial charge in [0.15, 0.2) is 6.61 Å². The van der Waals surface area contributed by atoms with Crippen LogP contribution in [0, 0.1) is 0 Å². The summed E-state index contributed by atoms with van der Waals surface area (Å²) in [4.78, 5) is 0. The maximum Gasteiger partial charge on any atom is 0.340 e. The predicted octanol–water partition coefficient (Wildman–Crippen LogP) is 3.38. The fourth-order valence-electron chi connectivity index (χ4n) is 1.38. The molecule has 2 N–H and O–H groups in total. The third kappa shape index (κ3) is 3.60. The Hall–Kier alpha value is -1.30. The van der Waals surface area contributed by atoms with Crippen molar-refractivity contribution >= 4 is 0 Å². The van der Waals surface area contributed by atoms with Gasteiger partial charge in [-0.3, -0.25) is 0 Å². The van der Waals surface area contributed by atoms with Crippen LogP contribution in [0.2, 0.25) is 0 Å². The zero-order chi connectivity index (χ0) is 13.8. The summed E-state index contributed by atoms with van der Waals surface area (Å²) >= 11 is 0. The molecule has 1 aromatic rings. The number of ether oxygens (including phenoxy) is 1. The Balaban J connectivity index is 2.79. The molecule has 0 aliphatic rings. The summed E-state index contributed by atoms with van der Waals surface area (Å²) in [6.07, 6.45) is -3.16. The molecule has 0 heterocycles. The van der Waals surface area contributed by atoms with Crippen LogP contribution in [0.3, 0.4) is 0 Å². The van der Waals surface area contributed by atoms with Crippen molar-refractivity contribution in [3.63, 3.8) is 0 Å². The SMILES string of the molecule is CC[C@H](N)c1ccccc1OCC(F)(F)C(F)F. The number of benzene rings is 1. The maximum absolute atomic E-state index is 12.7. The molecule has 0 spiro atoms. The Kier molecular flexibility index (Phi) is 4.95. The Morgan fingerprint density at radius 2 is 1.89 bits per heavy atom. The number of para-hydroxylation sites is 1. The molecule has 102 valence electrons. The predicted molar refractivity (Wildman–Crippen MR) is 60.1 cm³/mol. The molecule has 18 heavy (non-hydrogen) atoms. The highest BCUT2D eigenvalue weighted by Crippen LogP contribution is 2.28. The van der Waals surface area contributed by atoms with E-state index < -0.39 is 19.0 Å². The van der Waals surface area contributed by atoms with Crippen molar-refractivity contribution in [3.8, 4) is 5.75 Å². The minimum Gasteiger partial charge on any atom is -0.487 e. The van der Waals surface area contributed by atoms with Crippen molar-refractivity contribution in [2.75, 3.05) is 6.61 Å². The van der Waals surface area contributed by atoms with E-state index in [4.69, 9.17) is 10.5 Å². The normalized spacial score (nSPS) is 13.7. The summed E-state index contributed by atoms with van der Waals surface area (Å²) < 4.78 is 54.2. The van der Waals surface area contributed by atoms with E-state index >= 15 is 0 Å². The Morgan fingerprint density at radius 3 is 2.44 bits per heavy atom. The molecule has 0 aromatic heterocycles. The minimum atomic E-state index is -4.16. The van der Waals surface area contributed by atoms with Crippen molar-refractivity contribution in [2.24, 2.45) is 5.73 Å². The molecule has 0 bridgehead atoms. The van der Waals surface area contributed by atoms with Gasteiger partial charge in [0, 0.05) is 11.6 Å². The van der Waals surface area contributed by atoms with Gasteiger partial charge in [-0.05, 0) is 12.5 Å². The molecule has 0 fully saturated rings. The number of nitrogens with two attached hydrogens (primary N) is 1. The Labute approximate surface area is 103 Å². The fraction of sp³-hybridized carbons (Fsp3) is 0.500. The van der Waals surface area contributed by atoms with Crippen molar-refractivity contribution in [1.29, 1.82) is 0 Å². The van der Waals surface area contributed by atoms with Crippen LogP contribution in [0.15, 0.2) is 24.3 Å². The van der Waals surface area contributed by atoms with Crippen LogP contribution in [-0.2, 0) is 0 Å². The van der Waals surface area contributed by atoms with Crippen molar-refractivity contribution in [2.45, 2.75) is 31.7 Å². The van der Waals surface area contributed by atoms with Gasteiger partial charge < -0.3 is 10.5 Å². The van der Waals surface area contributed by atoms with E-state index in [0.717, 1.165) is 0 Å². The number of hydrogen-bond acceptors (Lipinski definition) is 2. The molecule has 0 amide bonds. The van der Waals surface area contributed by atoms with Gasteiger partial charge in [-0.2, -0.15) is 8.78 Å². The van der Waals surface area contributed by atoms with Gasteiger partial charge in [-0.1, -0.05) is 25.1 Å². The fourth-order valence-corrected chi connectivity index (χ4v) is 1.38. The summed E-state index contributed by atoms with van der Waals surface area (Å²) in [5, 5.41) is 0. The molecule has 6 heteroatoms. The highest BCUT2D eigenvalue weighted by molar-refractivity contribution is 5.35. The molecule has 0 aliphatic heterocycles. The van der Waals surface area contributed by atoms with Crippen LogP contribution in [0.25, 0.3) is 0 Å². The van der Waals surface area contributed by atoms with Crippen molar-refractivity contribution in [3.05, 3.63) is 29.8 Å².